The Labute approximate surface area is 105 Å². The van der Waals surface area contributed by atoms with E-state index in [1.54, 1.807) is 6.07 Å². The van der Waals surface area contributed by atoms with Gasteiger partial charge in [-0.1, -0.05) is 29.3 Å². The Hall–Kier alpha value is -1.54. The first-order chi connectivity index (χ1) is 8.24. The lowest BCUT2D eigenvalue weighted by Crippen LogP contribution is -2.03. The molecular weight excluding hydrogens is 234 g/mol. The number of halogens is 1. The average molecular weight is 246 g/mol. The Morgan fingerprint density at radius 3 is 3.00 bits per heavy atom. The highest BCUT2D eigenvalue weighted by Crippen LogP contribution is 2.35. The molecule has 3 heteroatoms. The third-order valence-corrected chi connectivity index (χ3v) is 3.41. The molecule has 1 heterocycles. The van der Waals surface area contributed by atoms with Crippen LogP contribution in [0.15, 0.2) is 35.9 Å². The lowest BCUT2D eigenvalue weighted by Gasteiger charge is -1.99. The highest BCUT2D eigenvalue weighted by Gasteiger charge is 2.24. The highest BCUT2D eigenvalue weighted by atomic mass is 35.5. The fraction of sp³-hybridized carbons (Fsp3) is 0.214. The van der Waals surface area contributed by atoms with E-state index in [1.807, 2.05) is 18.2 Å². The molecule has 0 unspecified atom stereocenters. The fourth-order valence-corrected chi connectivity index (χ4v) is 2.49. The van der Waals surface area contributed by atoms with Crippen molar-refractivity contribution >= 4 is 28.8 Å². The molecule has 0 aromatic heterocycles. The average Bonchev–Trinajstić information content (AvgIpc) is 2.88. The van der Waals surface area contributed by atoms with Crippen LogP contribution in [0.1, 0.15) is 24.8 Å². The van der Waals surface area contributed by atoms with Crippen molar-refractivity contribution in [2.45, 2.75) is 19.3 Å². The van der Waals surface area contributed by atoms with E-state index in [9.17, 15) is 4.79 Å². The van der Waals surface area contributed by atoms with E-state index in [-0.39, 0.29) is 5.91 Å². The second-order valence-corrected chi connectivity index (χ2v) is 4.81. The maximum atomic E-state index is 11.9. The third kappa shape index (κ3) is 1.89. The number of benzene rings is 1. The summed E-state index contributed by atoms with van der Waals surface area (Å²) in [6, 6.07) is 5.51. The van der Waals surface area contributed by atoms with E-state index >= 15 is 0 Å². The summed E-state index contributed by atoms with van der Waals surface area (Å²) in [5.74, 6) is -0.0323. The summed E-state index contributed by atoms with van der Waals surface area (Å²) in [4.78, 5) is 11.9. The second kappa shape index (κ2) is 4.04. The molecular formula is C14H12ClNO. The van der Waals surface area contributed by atoms with Crippen molar-refractivity contribution in [2.24, 2.45) is 0 Å². The van der Waals surface area contributed by atoms with Gasteiger partial charge in [-0.3, -0.25) is 4.79 Å². The summed E-state index contributed by atoms with van der Waals surface area (Å²) >= 11 is 5.91. The number of fused-ring (bicyclic) bond motifs is 1. The predicted octanol–water partition coefficient (Wildman–Crippen LogP) is 3.79. The van der Waals surface area contributed by atoms with Crippen LogP contribution in [0.5, 0.6) is 0 Å². The van der Waals surface area contributed by atoms with Gasteiger partial charge in [0.2, 0.25) is 0 Å². The number of nitrogens with one attached hydrogen (secondary N) is 1. The number of amides is 1. The molecule has 1 amide bonds. The molecule has 17 heavy (non-hydrogen) atoms. The van der Waals surface area contributed by atoms with Crippen LogP contribution in [-0.2, 0) is 4.79 Å². The number of anilines is 1. The van der Waals surface area contributed by atoms with E-state index in [4.69, 9.17) is 11.6 Å². The molecule has 86 valence electrons. The van der Waals surface area contributed by atoms with Crippen molar-refractivity contribution in [1.29, 1.82) is 0 Å². The van der Waals surface area contributed by atoms with Crippen molar-refractivity contribution in [1.82, 2.24) is 0 Å². The summed E-state index contributed by atoms with van der Waals surface area (Å²) < 4.78 is 0. The van der Waals surface area contributed by atoms with Crippen LogP contribution >= 0.6 is 11.6 Å². The van der Waals surface area contributed by atoms with Gasteiger partial charge in [-0.25, -0.2) is 0 Å². The molecule has 1 aromatic carbocycles. The zero-order chi connectivity index (χ0) is 11.8. The largest absolute Gasteiger partial charge is 0.321 e. The van der Waals surface area contributed by atoms with Crippen LogP contribution in [0, 0.1) is 0 Å². The molecule has 0 atom stereocenters. The van der Waals surface area contributed by atoms with Crippen LogP contribution < -0.4 is 5.32 Å². The Morgan fingerprint density at radius 2 is 2.24 bits per heavy atom. The Balaban J connectivity index is 2.05. The van der Waals surface area contributed by atoms with E-state index in [0.29, 0.717) is 5.02 Å². The van der Waals surface area contributed by atoms with Gasteiger partial charge in [0.1, 0.15) is 0 Å². The summed E-state index contributed by atoms with van der Waals surface area (Å²) in [5, 5.41) is 3.49. The zero-order valence-electron chi connectivity index (χ0n) is 9.29. The van der Waals surface area contributed by atoms with Crippen molar-refractivity contribution < 1.29 is 4.79 Å². The lowest BCUT2D eigenvalue weighted by molar-refractivity contribution is -0.110. The Bertz CT molecular complexity index is 557. The van der Waals surface area contributed by atoms with Crippen LogP contribution in [0.25, 0.3) is 5.57 Å². The monoisotopic (exact) mass is 245 g/mol. The third-order valence-electron chi connectivity index (χ3n) is 3.17. The lowest BCUT2D eigenvalue weighted by atomic mass is 10.0. The first kappa shape index (κ1) is 10.6. The van der Waals surface area contributed by atoms with Crippen molar-refractivity contribution in [2.75, 3.05) is 5.32 Å². The standard InChI is InChI=1S/C14H12ClNO/c15-10-5-6-11-12(7-9-3-1-2-4-9)14(17)16-13(11)8-10/h3,5-8H,1-2,4H2,(H,16,17)/b12-7+. The number of carbonyl (C=O) groups is 1. The molecule has 0 saturated carbocycles. The highest BCUT2D eigenvalue weighted by molar-refractivity contribution is 6.34. The number of allylic oxidation sites excluding steroid dienone is 3. The van der Waals surface area contributed by atoms with E-state index in [0.717, 1.165) is 29.7 Å². The van der Waals surface area contributed by atoms with E-state index < -0.39 is 0 Å². The number of rotatable bonds is 1. The van der Waals surface area contributed by atoms with Gasteiger partial charge in [0.15, 0.2) is 0 Å². The van der Waals surface area contributed by atoms with Crippen molar-refractivity contribution in [3.05, 3.63) is 46.5 Å². The Morgan fingerprint density at radius 1 is 1.35 bits per heavy atom. The smallest absolute Gasteiger partial charge is 0.256 e. The van der Waals surface area contributed by atoms with Crippen LogP contribution in [0.2, 0.25) is 5.02 Å². The maximum Gasteiger partial charge on any atom is 0.256 e. The van der Waals surface area contributed by atoms with Gasteiger partial charge in [-0.05, 0) is 37.5 Å². The van der Waals surface area contributed by atoms with Gasteiger partial charge in [0, 0.05) is 16.2 Å². The topological polar surface area (TPSA) is 29.1 Å². The van der Waals surface area contributed by atoms with Gasteiger partial charge >= 0.3 is 0 Å². The summed E-state index contributed by atoms with van der Waals surface area (Å²) in [7, 11) is 0. The summed E-state index contributed by atoms with van der Waals surface area (Å²) in [6.45, 7) is 0. The molecule has 0 saturated heterocycles. The minimum Gasteiger partial charge on any atom is -0.321 e. The molecule has 1 aromatic rings. The molecule has 3 rings (SSSR count). The van der Waals surface area contributed by atoms with Crippen molar-refractivity contribution in [3.63, 3.8) is 0 Å². The van der Waals surface area contributed by atoms with Crippen LogP contribution in [0.4, 0.5) is 5.69 Å². The molecule has 1 N–H and O–H groups in total. The molecule has 0 fully saturated rings. The molecule has 0 spiro atoms. The van der Waals surface area contributed by atoms with Gasteiger partial charge in [-0.2, -0.15) is 0 Å². The van der Waals surface area contributed by atoms with Crippen LogP contribution in [-0.4, -0.2) is 5.91 Å². The fourth-order valence-electron chi connectivity index (χ4n) is 2.32. The molecule has 1 aliphatic heterocycles. The molecule has 2 nitrogen and oxygen atoms in total. The van der Waals surface area contributed by atoms with E-state index in [1.165, 1.54) is 12.0 Å². The first-order valence-corrected chi connectivity index (χ1v) is 6.14. The van der Waals surface area contributed by atoms with Crippen molar-refractivity contribution in [3.8, 4) is 0 Å². The van der Waals surface area contributed by atoms with E-state index in [2.05, 4.69) is 11.4 Å². The first-order valence-electron chi connectivity index (χ1n) is 5.76. The quantitative estimate of drug-likeness (QED) is 0.750. The SMILES string of the molecule is O=C1Nc2cc(Cl)ccc2/C1=C\C1=CCCC1. The normalized spacial score (nSPS) is 20.4. The number of hydrogen-bond donors (Lipinski definition) is 1. The van der Waals surface area contributed by atoms with Crippen LogP contribution in [0.3, 0.4) is 0 Å². The molecule has 2 aliphatic rings. The summed E-state index contributed by atoms with van der Waals surface area (Å²) in [6.07, 6.45) is 7.58. The number of carbonyl (C=O) groups excluding carboxylic acids is 1. The minimum absolute atomic E-state index is 0.0323. The predicted molar refractivity (Wildman–Crippen MR) is 70.0 cm³/mol. The zero-order valence-corrected chi connectivity index (χ0v) is 10.1. The van der Waals surface area contributed by atoms with Gasteiger partial charge in [0.25, 0.3) is 5.91 Å². The second-order valence-electron chi connectivity index (χ2n) is 4.37. The summed E-state index contributed by atoms with van der Waals surface area (Å²) in [5.41, 5.74) is 3.78. The van der Waals surface area contributed by atoms with Gasteiger partial charge < -0.3 is 5.32 Å². The minimum atomic E-state index is -0.0323. The molecule has 0 radical (unpaired) electrons. The number of hydrogen-bond acceptors (Lipinski definition) is 1. The molecule has 0 bridgehead atoms. The van der Waals surface area contributed by atoms with Gasteiger partial charge in [0.05, 0.1) is 5.69 Å². The maximum absolute atomic E-state index is 11.9. The molecule has 1 aliphatic carbocycles. The van der Waals surface area contributed by atoms with Gasteiger partial charge in [-0.15, -0.1) is 0 Å². The Kier molecular flexibility index (Phi) is 2.52.